The zero-order chi connectivity index (χ0) is 19.7. The van der Waals surface area contributed by atoms with Gasteiger partial charge in [0.2, 0.25) is 0 Å². The highest BCUT2D eigenvalue weighted by molar-refractivity contribution is 6.19. The fourth-order valence-corrected chi connectivity index (χ4v) is 3.75. The third kappa shape index (κ3) is 11.4. The van der Waals surface area contributed by atoms with E-state index in [1.807, 2.05) is 24.3 Å². The van der Waals surface area contributed by atoms with Crippen LogP contribution in [0.3, 0.4) is 0 Å². The van der Waals surface area contributed by atoms with Gasteiger partial charge in [-0.2, -0.15) is 0 Å². The second-order valence-electron chi connectivity index (χ2n) is 7.66. The Morgan fingerprint density at radius 2 is 1.41 bits per heavy atom. The van der Waals surface area contributed by atoms with Gasteiger partial charge in [-0.3, -0.25) is 4.79 Å². The molecule has 0 amide bonds. The van der Waals surface area contributed by atoms with Crippen molar-refractivity contribution in [3.8, 4) is 5.75 Å². The van der Waals surface area contributed by atoms with Crippen molar-refractivity contribution in [2.45, 2.75) is 90.4 Å². The lowest BCUT2D eigenvalue weighted by Gasteiger charge is -2.13. The number of carbonyl (C=O) groups is 1. The van der Waals surface area contributed by atoms with E-state index in [4.69, 9.17) is 16.3 Å². The Morgan fingerprint density at radius 3 is 1.89 bits per heavy atom. The van der Waals surface area contributed by atoms with Crippen LogP contribution in [0.4, 0.5) is 0 Å². The van der Waals surface area contributed by atoms with Crippen LogP contribution in [0.5, 0.6) is 5.75 Å². The summed E-state index contributed by atoms with van der Waals surface area (Å²) in [4.78, 5) is 12.5. The highest BCUT2D eigenvalue weighted by Crippen LogP contribution is 2.19. The molecule has 3 heteroatoms. The van der Waals surface area contributed by atoms with Crippen molar-refractivity contribution < 1.29 is 9.53 Å². The van der Waals surface area contributed by atoms with Crippen molar-refractivity contribution in [3.63, 3.8) is 0 Å². The first-order valence-corrected chi connectivity index (χ1v) is 11.5. The Kier molecular flexibility index (Phi) is 14.2. The van der Waals surface area contributed by atoms with Gasteiger partial charge in [0, 0.05) is 18.2 Å². The molecule has 0 N–H and O–H groups in total. The summed E-state index contributed by atoms with van der Waals surface area (Å²) in [6.07, 6.45) is 15.8. The van der Waals surface area contributed by atoms with Crippen LogP contribution in [0.1, 0.15) is 89.5 Å². The van der Waals surface area contributed by atoms with E-state index in [1.165, 1.54) is 64.2 Å². The number of carbonyl (C=O) groups excluding carboxylic acids is 1. The summed E-state index contributed by atoms with van der Waals surface area (Å²) >= 11 is 6.07. The lowest BCUT2D eigenvalue weighted by Crippen LogP contribution is -2.18. The lowest BCUT2D eigenvalue weighted by atomic mass is 9.93. The largest absolute Gasteiger partial charge is 0.497 e. The fraction of sp³-hybridized carbons (Fsp3) is 0.708. The van der Waals surface area contributed by atoms with E-state index in [9.17, 15) is 4.79 Å². The molecule has 2 nitrogen and oxygen atoms in total. The molecule has 0 aliphatic rings. The molecule has 154 valence electrons. The van der Waals surface area contributed by atoms with Crippen molar-refractivity contribution in [3.05, 3.63) is 29.8 Å². The van der Waals surface area contributed by atoms with Crippen LogP contribution in [0, 0.1) is 5.92 Å². The van der Waals surface area contributed by atoms with E-state index in [-0.39, 0.29) is 5.92 Å². The van der Waals surface area contributed by atoms with Crippen LogP contribution in [0.15, 0.2) is 24.3 Å². The number of methoxy groups -OCH3 is 1. The first kappa shape index (κ1) is 24.0. The number of hydrogen-bond donors (Lipinski definition) is 0. The van der Waals surface area contributed by atoms with Gasteiger partial charge in [0.05, 0.1) is 7.11 Å². The monoisotopic (exact) mass is 394 g/mol. The molecule has 0 spiro atoms. The number of rotatable bonds is 17. The highest BCUT2D eigenvalue weighted by Gasteiger charge is 2.17. The molecule has 0 aromatic heterocycles. The van der Waals surface area contributed by atoms with E-state index in [0.717, 1.165) is 24.2 Å². The number of hydrogen-bond acceptors (Lipinski definition) is 2. The van der Waals surface area contributed by atoms with Crippen LogP contribution in [-0.4, -0.2) is 18.8 Å². The zero-order valence-electron chi connectivity index (χ0n) is 17.5. The molecular weight excluding hydrogens is 356 g/mol. The second-order valence-corrected chi connectivity index (χ2v) is 7.96. The molecule has 1 aromatic carbocycles. The van der Waals surface area contributed by atoms with Crippen LogP contribution in [0.2, 0.25) is 0 Å². The van der Waals surface area contributed by atoms with Gasteiger partial charge in [0.25, 0.3) is 0 Å². The number of unbranched alkanes of at least 4 members (excludes halogenated alkanes) is 10. The molecule has 1 unspecified atom stereocenters. The first-order valence-electron chi connectivity index (χ1n) is 10.9. The maximum absolute atomic E-state index is 12.5. The molecule has 1 atom stereocenters. The predicted molar refractivity (Wildman–Crippen MR) is 117 cm³/mol. The average molecular weight is 395 g/mol. The van der Waals surface area contributed by atoms with Crippen molar-refractivity contribution >= 4 is 17.4 Å². The van der Waals surface area contributed by atoms with E-state index in [2.05, 4.69) is 6.92 Å². The lowest BCUT2D eigenvalue weighted by molar-refractivity contribution is -0.122. The van der Waals surface area contributed by atoms with Gasteiger partial charge in [-0.15, -0.1) is 11.6 Å². The molecule has 0 aliphatic carbocycles. The van der Waals surface area contributed by atoms with Gasteiger partial charge in [0.1, 0.15) is 11.5 Å². The van der Waals surface area contributed by atoms with E-state index in [0.29, 0.717) is 18.1 Å². The Bertz CT molecular complexity index is 484. The third-order valence-corrected chi connectivity index (χ3v) is 5.68. The van der Waals surface area contributed by atoms with Crippen molar-refractivity contribution in [1.82, 2.24) is 0 Å². The summed E-state index contributed by atoms with van der Waals surface area (Å²) in [5, 5.41) is 0. The van der Waals surface area contributed by atoms with Crippen molar-refractivity contribution in [1.29, 1.82) is 0 Å². The van der Waals surface area contributed by atoms with Gasteiger partial charge in [0.15, 0.2) is 0 Å². The standard InChI is InChI=1S/C24H39ClO2/c1-3-4-5-6-7-8-9-10-11-12-13-14-24(26)22(20-25)19-21-15-17-23(27-2)18-16-21/h15-18,22H,3-14,19-20H2,1-2H3. The average Bonchev–Trinajstić information content (AvgIpc) is 2.70. The van der Waals surface area contributed by atoms with Gasteiger partial charge in [-0.1, -0.05) is 83.3 Å². The topological polar surface area (TPSA) is 26.3 Å². The highest BCUT2D eigenvalue weighted by atomic mass is 35.5. The summed E-state index contributed by atoms with van der Waals surface area (Å²) in [6, 6.07) is 7.92. The predicted octanol–water partition coefficient (Wildman–Crippen LogP) is 7.36. The Morgan fingerprint density at radius 1 is 0.889 bits per heavy atom. The number of halogens is 1. The molecule has 0 heterocycles. The Labute approximate surface area is 172 Å². The van der Waals surface area contributed by atoms with Crippen LogP contribution in [0.25, 0.3) is 0 Å². The van der Waals surface area contributed by atoms with Crippen molar-refractivity contribution in [2.24, 2.45) is 5.92 Å². The molecule has 0 fully saturated rings. The summed E-state index contributed by atoms with van der Waals surface area (Å²) in [7, 11) is 1.66. The summed E-state index contributed by atoms with van der Waals surface area (Å²) < 4.78 is 5.18. The molecule has 0 bridgehead atoms. The van der Waals surface area contributed by atoms with Gasteiger partial charge >= 0.3 is 0 Å². The van der Waals surface area contributed by atoms with E-state index in [1.54, 1.807) is 7.11 Å². The number of ether oxygens (including phenoxy) is 1. The SMILES string of the molecule is CCCCCCCCCCCCCC(=O)C(CCl)Cc1ccc(OC)cc1. The molecular formula is C24H39ClO2. The minimum atomic E-state index is -0.0665. The van der Waals surface area contributed by atoms with Crippen LogP contribution >= 0.6 is 11.6 Å². The van der Waals surface area contributed by atoms with Gasteiger partial charge in [-0.05, 0) is 30.5 Å². The van der Waals surface area contributed by atoms with Gasteiger partial charge in [-0.25, -0.2) is 0 Å². The molecule has 1 rings (SSSR count). The van der Waals surface area contributed by atoms with Crippen molar-refractivity contribution in [2.75, 3.05) is 13.0 Å². The Hall–Kier alpha value is -1.02. The number of Topliss-reactive ketones (excluding diaryl/α,β-unsaturated/α-hetero) is 1. The van der Waals surface area contributed by atoms with E-state index >= 15 is 0 Å². The molecule has 0 saturated heterocycles. The number of ketones is 1. The van der Waals surface area contributed by atoms with E-state index < -0.39 is 0 Å². The second kappa shape index (κ2) is 16.0. The third-order valence-electron chi connectivity index (χ3n) is 5.31. The maximum Gasteiger partial charge on any atom is 0.137 e. The summed E-state index contributed by atoms with van der Waals surface area (Å²) in [5.41, 5.74) is 1.15. The minimum Gasteiger partial charge on any atom is -0.497 e. The molecule has 27 heavy (non-hydrogen) atoms. The molecule has 0 aliphatic heterocycles. The molecule has 0 saturated carbocycles. The maximum atomic E-state index is 12.5. The minimum absolute atomic E-state index is 0.0665. The van der Waals surface area contributed by atoms with Crippen LogP contribution in [-0.2, 0) is 11.2 Å². The molecule has 0 radical (unpaired) electrons. The molecule has 1 aromatic rings. The summed E-state index contributed by atoms with van der Waals surface area (Å²) in [6.45, 7) is 2.26. The normalized spacial score (nSPS) is 12.1. The quantitative estimate of drug-likeness (QED) is 0.204. The fourth-order valence-electron chi connectivity index (χ4n) is 3.47. The number of alkyl halides is 1. The van der Waals surface area contributed by atoms with Gasteiger partial charge < -0.3 is 4.74 Å². The Balaban J connectivity index is 2.09. The zero-order valence-corrected chi connectivity index (χ0v) is 18.2. The van der Waals surface area contributed by atoms with Crippen LogP contribution < -0.4 is 4.74 Å². The number of benzene rings is 1. The summed E-state index contributed by atoms with van der Waals surface area (Å²) in [5.74, 6) is 1.50. The smallest absolute Gasteiger partial charge is 0.137 e. The first-order chi connectivity index (χ1) is 13.2.